The summed E-state index contributed by atoms with van der Waals surface area (Å²) in [6.07, 6.45) is 1.75. The fourth-order valence-corrected chi connectivity index (χ4v) is 4.57. The summed E-state index contributed by atoms with van der Waals surface area (Å²) < 4.78 is 27.8. The van der Waals surface area contributed by atoms with E-state index in [1.807, 2.05) is 30.3 Å². The monoisotopic (exact) mass is 385 g/mol. The summed E-state index contributed by atoms with van der Waals surface area (Å²) in [5, 5.41) is 9.67. The number of carbonyl (C=O) groups excluding carboxylic acids is 1. The smallest absolute Gasteiger partial charge is 0.308 e. The van der Waals surface area contributed by atoms with Crippen LogP contribution in [-0.4, -0.2) is 35.0 Å². The first-order valence-electron chi connectivity index (χ1n) is 9.45. The van der Waals surface area contributed by atoms with Crippen LogP contribution in [-0.2, 0) is 15.0 Å². The number of carboxylic acids is 1. The van der Waals surface area contributed by atoms with Crippen molar-refractivity contribution < 1.29 is 23.5 Å². The van der Waals surface area contributed by atoms with Crippen molar-refractivity contribution in [2.24, 2.45) is 5.92 Å². The van der Waals surface area contributed by atoms with E-state index >= 15 is 0 Å². The molecule has 0 unspecified atom stereocenters. The van der Waals surface area contributed by atoms with Crippen LogP contribution >= 0.6 is 0 Å². The average molecular weight is 385 g/mol. The normalized spacial score (nSPS) is 23.3. The highest BCUT2D eigenvalue weighted by molar-refractivity contribution is 5.90. The van der Waals surface area contributed by atoms with E-state index in [1.54, 1.807) is 4.90 Å². The predicted molar refractivity (Wildman–Crippen MR) is 98.8 cm³/mol. The summed E-state index contributed by atoms with van der Waals surface area (Å²) in [5.74, 6) is -3.62. The van der Waals surface area contributed by atoms with Gasteiger partial charge in [-0.2, -0.15) is 0 Å². The van der Waals surface area contributed by atoms with Gasteiger partial charge in [0.1, 0.15) is 11.6 Å². The van der Waals surface area contributed by atoms with E-state index < -0.39 is 28.9 Å². The lowest BCUT2D eigenvalue weighted by Gasteiger charge is -2.43. The Bertz CT molecular complexity index is 911. The summed E-state index contributed by atoms with van der Waals surface area (Å²) in [6, 6.07) is 12.6. The zero-order chi connectivity index (χ0) is 19.9. The topological polar surface area (TPSA) is 57.6 Å². The highest BCUT2D eigenvalue weighted by Crippen LogP contribution is 2.47. The molecule has 1 aliphatic heterocycles. The van der Waals surface area contributed by atoms with Gasteiger partial charge in [0, 0.05) is 30.6 Å². The molecule has 28 heavy (non-hydrogen) atoms. The van der Waals surface area contributed by atoms with E-state index in [-0.39, 0.29) is 30.5 Å². The number of carboxylic acid groups (broad SMARTS) is 1. The van der Waals surface area contributed by atoms with Crippen molar-refractivity contribution in [3.63, 3.8) is 0 Å². The second-order valence-electron chi connectivity index (χ2n) is 7.73. The van der Waals surface area contributed by atoms with Crippen molar-refractivity contribution in [3.8, 4) is 0 Å². The van der Waals surface area contributed by atoms with Gasteiger partial charge >= 0.3 is 5.97 Å². The number of rotatable bonds is 4. The van der Waals surface area contributed by atoms with Gasteiger partial charge in [-0.1, -0.05) is 42.8 Å². The molecule has 6 heteroatoms. The number of halogens is 2. The van der Waals surface area contributed by atoms with Gasteiger partial charge in [-0.3, -0.25) is 9.59 Å². The summed E-state index contributed by atoms with van der Waals surface area (Å²) >= 11 is 0. The average Bonchev–Trinajstić information content (AvgIpc) is 3.09. The van der Waals surface area contributed by atoms with Crippen LogP contribution in [0, 0.1) is 17.6 Å². The summed E-state index contributed by atoms with van der Waals surface area (Å²) in [7, 11) is 0. The Hall–Kier alpha value is -2.76. The SMILES string of the molecule is O=C(O)[C@@H]1CN(C(=O)C2(c3ccc(F)cc3F)CCC2)C[C@@H]1c1ccccc1. The van der Waals surface area contributed by atoms with Gasteiger partial charge in [0.25, 0.3) is 0 Å². The molecule has 1 saturated heterocycles. The maximum absolute atomic E-state index is 14.5. The predicted octanol–water partition coefficient (Wildman–Crippen LogP) is 3.71. The van der Waals surface area contributed by atoms with Gasteiger partial charge in [0.2, 0.25) is 5.91 Å². The van der Waals surface area contributed by atoms with E-state index in [1.165, 1.54) is 12.1 Å². The maximum atomic E-state index is 14.5. The van der Waals surface area contributed by atoms with Gasteiger partial charge < -0.3 is 10.0 Å². The molecular weight excluding hydrogens is 364 g/mol. The summed E-state index contributed by atoms with van der Waals surface area (Å²) in [5.41, 5.74) is 0.0629. The Morgan fingerprint density at radius 1 is 1.04 bits per heavy atom. The Morgan fingerprint density at radius 3 is 2.32 bits per heavy atom. The van der Waals surface area contributed by atoms with Crippen LogP contribution in [0.3, 0.4) is 0 Å². The van der Waals surface area contributed by atoms with Gasteiger partial charge in [-0.15, -0.1) is 0 Å². The second-order valence-corrected chi connectivity index (χ2v) is 7.73. The highest BCUT2D eigenvalue weighted by Gasteiger charge is 2.52. The molecule has 2 atom stereocenters. The molecule has 1 amide bonds. The first kappa shape index (κ1) is 18.6. The van der Waals surface area contributed by atoms with Crippen LogP contribution in [0.4, 0.5) is 8.78 Å². The number of aliphatic carboxylic acids is 1. The molecule has 4 nitrogen and oxygen atoms in total. The largest absolute Gasteiger partial charge is 0.481 e. The van der Waals surface area contributed by atoms with Crippen LogP contribution in [0.25, 0.3) is 0 Å². The lowest BCUT2D eigenvalue weighted by Crippen LogP contribution is -2.51. The molecule has 2 aromatic carbocycles. The molecule has 0 radical (unpaired) electrons. The van der Waals surface area contributed by atoms with Gasteiger partial charge in [0.15, 0.2) is 0 Å². The number of likely N-dealkylation sites (tertiary alicyclic amines) is 1. The molecule has 4 rings (SSSR count). The molecule has 2 aliphatic rings. The van der Waals surface area contributed by atoms with Crippen LogP contribution in [0.5, 0.6) is 0 Å². The standard InChI is InChI=1S/C22H21F2NO3/c23-15-7-8-18(19(24)11-15)22(9-4-10-22)21(28)25-12-16(17(13-25)20(26)27)14-5-2-1-3-6-14/h1-3,5-8,11,16-17H,4,9-10,12-13H2,(H,26,27)/t16-,17-/m1/s1. The molecule has 0 aromatic heterocycles. The van der Waals surface area contributed by atoms with Crippen molar-refractivity contribution in [1.82, 2.24) is 4.90 Å². The Morgan fingerprint density at radius 2 is 1.75 bits per heavy atom. The van der Waals surface area contributed by atoms with Crippen LogP contribution in [0.15, 0.2) is 48.5 Å². The Labute approximate surface area is 161 Å². The molecule has 1 saturated carbocycles. The first-order chi connectivity index (χ1) is 13.4. The maximum Gasteiger partial charge on any atom is 0.308 e. The van der Waals surface area contributed by atoms with E-state index in [2.05, 4.69) is 0 Å². The molecular formula is C22H21F2NO3. The van der Waals surface area contributed by atoms with Gasteiger partial charge in [0.05, 0.1) is 11.3 Å². The third kappa shape index (κ3) is 2.97. The van der Waals surface area contributed by atoms with E-state index in [9.17, 15) is 23.5 Å². The van der Waals surface area contributed by atoms with Gasteiger partial charge in [-0.25, -0.2) is 8.78 Å². The summed E-state index contributed by atoms with van der Waals surface area (Å²) in [6.45, 7) is 0.378. The number of nitrogens with zero attached hydrogens (tertiary/aromatic N) is 1. The number of hydrogen-bond acceptors (Lipinski definition) is 2. The Kier molecular flexibility index (Phi) is 4.65. The lowest BCUT2D eigenvalue weighted by molar-refractivity contribution is -0.143. The first-order valence-corrected chi connectivity index (χ1v) is 9.45. The van der Waals surface area contributed by atoms with Crippen LogP contribution in [0.1, 0.15) is 36.3 Å². The highest BCUT2D eigenvalue weighted by atomic mass is 19.1. The molecule has 1 N–H and O–H groups in total. The quantitative estimate of drug-likeness (QED) is 0.873. The third-order valence-electron chi connectivity index (χ3n) is 6.22. The van der Waals surface area contributed by atoms with Crippen molar-refractivity contribution in [1.29, 1.82) is 0 Å². The molecule has 1 aliphatic carbocycles. The lowest BCUT2D eigenvalue weighted by atomic mass is 9.63. The molecule has 2 fully saturated rings. The zero-order valence-electron chi connectivity index (χ0n) is 15.3. The van der Waals surface area contributed by atoms with Gasteiger partial charge in [-0.05, 0) is 24.5 Å². The summed E-state index contributed by atoms with van der Waals surface area (Å²) in [4.78, 5) is 26.8. The molecule has 0 spiro atoms. The minimum atomic E-state index is -1.02. The Balaban J connectivity index is 1.65. The van der Waals surface area contributed by atoms with Crippen LogP contribution in [0.2, 0.25) is 0 Å². The van der Waals surface area contributed by atoms with E-state index in [4.69, 9.17) is 0 Å². The van der Waals surface area contributed by atoms with Crippen LogP contribution < -0.4 is 0 Å². The molecule has 146 valence electrons. The van der Waals surface area contributed by atoms with Crippen molar-refractivity contribution >= 4 is 11.9 Å². The number of hydrogen-bond donors (Lipinski definition) is 1. The fraction of sp³-hybridized carbons (Fsp3) is 0.364. The fourth-order valence-electron chi connectivity index (χ4n) is 4.57. The van der Waals surface area contributed by atoms with Crippen molar-refractivity contribution in [2.45, 2.75) is 30.6 Å². The number of amides is 1. The second kappa shape index (κ2) is 7.00. The molecule has 2 aromatic rings. The third-order valence-corrected chi connectivity index (χ3v) is 6.22. The molecule has 0 bridgehead atoms. The van der Waals surface area contributed by atoms with Crippen molar-refractivity contribution in [3.05, 3.63) is 71.3 Å². The minimum Gasteiger partial charge on any atom is -0.481 e. The zero-order valence-corrected chi connectivity index (χ0v) is 15.3. The van der Waals surface area contributed by atoms with E-state index in [0.717, 1.165) is 18.1 Å². The number of carbonyl (C=O) groups is 2. The van der Waals surface area contributed by atoms with E-state index in [0.29, 0.717) is 12.8 Å². The van der Waals surface area contributed by atoms with Crippen molar-refractivity contribution in [2.75, 3.05) is 13.1 Å². The minimum absolute atomic E-state index is 0.0955. The molecule has 1 heterocycles. The number of benzene rings is 2.